The summed E-state index contributed by atoms with van der Waals surface area (Å²) in [6.45, 7) is 5.09. The summed E-state index contributed by atoms with van der Waals surface area (Å²) in [5.41, 5.74) is 0.239. The first-order valence-electron chi connectivity index (χ1n) is 6.32. The minimum absolute atomic E-state index is 0.334. The van der Waals surface area contributed by atoms with Crippen LogP contribution in [0.3, 0.4) is 0 Å². The van der Waals surface area contributed by atoms with Gasteiger partial charge in [0.05, 0.1) is 6.61 Å². The van der Waals surface area contributed by atoms with E-state index in [1.165, 1.54) is 6.07 Å². The second kappa shape index (κ2) is 5.71. The van der Waals surface area contributed by atoms with E-state index in [2.05, 4.69) is 13.8 Å². The van der Waals surface area contributed by atoms with E-state index in [-0.39, 0.29) is 5.63 Å². The summed E-state index contributed by atoms with van der Waals surface area (Å²) in [6.07, 6.45) is 2.19. The number of benzene rings is 1. The molecule has 1 heterocycles. The van der Waals surface area contributed by atoms with Crippen LogP contribution in [0, 0.1) is 5.92 Å². The third-order valence-electron chi connectivity index (χ3n) is 2.79. The van der Waals surface area contributed by atoms with Crippen molar-refractivity contribution in [2.45, 2.75) is 26.7 Å². The zero-order chi connectivity index (χ0) is 13.0. The SMILES string of the molecule is CC(C)CCCOc1ccc2ccc(=O)oc2c1. The minimum atomic E-state index is -0.334. The Morgan fingerprint density at radius 2 is 2.00 bits per heavy atom. The van der Waals surface area contributed by atoms with Crippen molar-refractivity contribution in [3.63, 3.8) is 0 Å². The predicted molar refractivity (Wildman–Crippen MR) is 72.1 cm³/mol. The lowest BCUT2D eigenvalue weighted by atomic mass is 10.1. The molecule has 3 nitrogen and oxygen atoms in total. The van der Waals surface area contributed by atoms with E-state index in [1.807, 2.05) is 12.1 Å². The van der Waals surface area contributed by atoms with E-state index in [0.29, 0.717) is 18.1 Å². The largest absolute Gasteiger partial charge is 0.493 e. The summed E-state index contributed by atoms with van der Waals surface area (Å²) in [5.74, 6) is 1.45. The molecule has 0 aliphatic heterocycles. The number of fused-ring (bicyclic) bond motifs is 1. The number of hydrogen-bond acceptors (Lipinski definition) is 3. The Hall–Kier alpha value is -1.77. The number of ether oxygens (including phenoxy) is 1. The predicted octanol–water partition coefficient (Wildman–Crippen LogP) is 3.61. The third-order valence-corrected chi connectivity index (χ3v) is 2.79. The summed E-state index contributed by atoms with van der Waals surface area (Å²) in [7, 11) is 0. The molecule has 1 aromatic heterocycles. The van der Waals surface area contributed by atoms with Crippen LogP contribution in [0.15, 0.2) is 39.5 Å². The second-order valence-electron chi connectivity index (χ2n) is 4.84. The van der Waals surface area contributed by atoms with Crippen LogP contribution >= 0.6 is 0 Å². The van der Waals surface area contributed by atoms with Crippen LogP contribution in [-0.4, -0.2) is 6.61 Å². The first kappa shape index (κ1) is 12.7. The molecule has 0 saturated heterocycles. The Labute approximate surface area is 106 Å². The molecule has 0 aliphatic carbocycles. The topological polar surface area (TPSA) is 39.4 Å². The van der Waals surface area contributed by atoms with Crippen molar-refractivity contribution in [2.75, 3.05) is 6.61 Å². The lowest BCUT2D eigenvalue weighted by molar-refractivity contribution is 0.297. The van der Waals surface area contributed by atoms with Crippen molar-refractivity contribution in [1.29, 1.82) is 0 Å². The van der Waals surface area contributed by atoms with Gasteiger partial charge < -0.3 is 9.15 Å². The molecule has 0 radical (unpaired) electrons. The van der Waals surface area contributed by atoms with Gasteiger partial charge in [0.2, 0.25) is 0 Å². The fourth-order valence-electron chi connectivity index (χ4n) is 1.81. The number of hydrogen-bond donors (Lipinski definition) is 0. The summed E-state index contributed by atoms with van der Waals surface area (Å²) in [4.78, 5) is 11.1. The highest BCUT2D eigenvalue weighted by atomic mass is 16.5. The van der Waals surface area contributed by atoms with Crippen LogP contribution in [0.1, 0.15) is 26.7 Å². The van der Waals surface area contributed by atoms with E-state index in [9.17, 15) is 4.79 Å². The van der Waals surface area contributed by atoms with Gasteiger partial charge in [0.1, 0.15) is 11.3 Å². The Morgan fingerprint density at radius 1 is 1.22 bits per heavy atom. The van der Waals surface area contributed by atoms with E-state index in [0.717, 1.165) is 24.0 Å². The molecule has 0 spiro atoms. The van der Waals surface area contributed by atoms with Crippen LogP contribution < -0.4 is 10.4 Å². The zero-order valence-corrected chi connectivity index (χ0v) is 10.8. The maximum Gasteiger partial charge on any atom is 0.336 e. The Kier molecular flexibility index (Phi) is 4.03. The molecular formula is C15H18O3. The molecule has 0 amide bonds. The van der Waals surface area contributed by atoms with E-state index in [1.54, 1.807) is 12.1 Å². The summed E-state index contributed by atoms with van der Waals surface area (Å²) in [6, 6.07) is 8.75. The van der Waals surface area contributed by atoms with Gasteiger partial charge in [0.15, 0.2) is 0 Å². The van der Waals surface area contributed by atoms with Gasteiger partial charge in [-0.05, 0) is 37.0 Å². The molecule has 0 atom stereocenters. The average molecular weight is 246 g/mol. The molecule has 0 bridgehead atoms. The van der Waals surface area contributed by atoms with Crippen LogP contribution in [0.4, 0.5) is 0 Å². The van der Waals surface area contributed by atoms with Crippen molar-refractivity contribution in [3.8, 4) is 5.75 Å². The quantitative estimate of drug-likeness (QED) is 0.597. The van der Waals surface area contributed by atoms with Gasteiger partial charge in [-0.3, -0.25) is 0 Å². The molecule has 0 N–H and O–H groups in total. The summed E-state index contributed by atoms with van der Waals surface area (Å²) >= 11 is 0. The minimum Gasteiger partial charge on any atom is -0.493 e. The van der Waals surface area contributed by atoms with Crippen LogP contribution in [0.2, 0.25) is 0 Å². The highest BCUT2D eigenvalue weighted by Gasteiger charge is 2.01. The second-order valence-corrected chi connectivity index (χ2v) is 4.84. The van der Waals surface area contributed by atoms with Gasteiger partial charge in [-0.25, -0.2) is 4.79 Å². The number of rotatable bonds is 5. The molecule has 96 valence electrons. The smallest absolute Gasteiger partial charge is 0.336 e. The fraction of sp³-hybridized carbons (Fsp3) is 0.400. The Balaban J connectivity index is 2.03. The highest BCUT2D eigenvalue weighted by molar-refractivity contribution is 5.77. The van der Waals surface area contributed by atoms with Gasteiger partial charge >= 0.3 is 5.63 Å². The standard InChI is InChI=1S/C15H18O3/c1-11(2)4-3-9-17-13-7-5-12-6-8-15(16)18-14(12)10-13/h5-8,10-11H,3-4,9H2,1-2H3. The van der Waals surface area contributed by atoms with Crippen LogP contribution in [0.25, 0.3) is 11.0 Å². The zero-order valence-electron chi connectivity index (χ0n) is 10.8. The molecule has 0 unspecified atom stereocenters. The molecule has 1 aromatic carbocycles. The fourth-order valence-corrected chi connectivity index (χ4v) is 1.81. The van der Waals surface area contributed by atoms with Gasteiger partial charge in [-0.15, -0.1) is 0 Å². The van der Waals surface area contributed by atoms with E-state index in [4.69, 9.17) is 9.15 Å². The van der Waals surface area contributed by atoms with Crippen molar-refractivity contribution in [3.05, 3.63) is 40.8 Å². The molecular weight excluding hydrogens is 228 g/mol. The van der Waals surface area contributed by atoms with Crippen molar-refractivity contribution < 1.29 is 9.15 Å². The molecule has 2 rings (SSSR count). The first-order chi connectivity index (χ1) is 8.65. The molecule has 18 heavy (non-hydrogen) atoms. The van der Waals surface area contributed by atoms with E-state index >= 15 is 0 Å². The lowest BCUT2D eigenvalue weighted by Gasteiger charge is -2.08. The maximum atomic E-state index is 11.1. The Morgan fingerprint density at radius 3 is 2.78 bits per heavy atom. The van der Waals surface area contributed by atoms with E-state index < -0.39 is 0 Å². The van der Waals surface area contributed by atoms with Gasteiger partial charge in [0.25, 0.3) is 0 Å². The van der Waals surface area contributed by atoms with Crippen molar-refractivity contribution in [1.82, 2.24) is 0 Å². The summed E-state index contributed by atoms with van der Waals surface area (Å²) in [5, 5.41) is 0.907. The first-order valence-corrected chi connectivity index (χ1v) is 6.32. The monoisotopic (exact) mass is 246 g/mol. The molecule has 0 fully saturated rings. The maximum absolute atomic E-state index is 11.1. The van der Waals surface area contributed by atoms with Gasteiger partial charge in [-0.2, -0.15) is 0 Å². The molecule has 0 aliphatic rings. The normalized spacial score (nSPS) is 11.1. The Bertz CT molecular complexity index is 569. The van der Waals surface area contributed by atoms with Crippen LogP contribution in [-0.2, 0) is 0 Å². The van der Waals surface area contributed by atoms with Crippen molar-refractivity contribution in [2.24, 2.45) is 5.92 Å². The third kappa shape index (κ3) is 3.36. The molecule has 0 saturated carbocycles. The molecule has 3 heteroatoms. The van der Waals surface area contributed by atoms with Crippen LogP contribution in [0.5, 0.6) is 5.75 Å². The summed E-state index contributed by atoms with van der Waals surface area (Å²) < 4.78 is 10.8. The molecule has 2 aromatic rings. The average Bonchev–Trinajstić information content (AvgIpc) is 2.34. The lowest BCUT2D eigenvalue weighted by Crippen LogP contribution is -2.00. The van der Waals surface area contributed by atoms with Gasteiger partial charge in [0, 0.05) is 17.5 Å². The van der Waals surface area contributed by atoms with Gasteiger partial charge in [-0.1, -0.05) is 13.8 Å². The van der Waals surface area contributed by atoms with Crippen molar-refractivity contribution >= 4 is 11.0 Å². The highest BCUT2D eigenvalue weighted by Crippen LogP contribution is 2.19.